The Hall–Kier alpha value is -2.30. The number of hydrogen-bond acceptors (Lipinski definition) is 3. The van der Waals surface area contributed by atoms with Crippen molar-refractivity contribution in [3.63, 3.8) is 0 Å². The summed E-state index contributed by atoms with van der Waals surface area (Å²) in [5, 5.41) is 3.56. The zero-order chi connectivity index (χ0) is 17.5. The molecule has 0 atom stereocenters. The highest BCUT2D eigenvalue weighted by molar-refractivity contribution is 6.35. The molecule has 0 heterocycles. The Balaban J connectivity index is 1.83. The third-order valence-corrected chi connectivity index (χ3v) is 3.60. The minimum Gasteiger partial charge on any atom is -0.452 e. The average molecular weight is 364 g/mol. The highest BCUT2D eigenvalue weighted by Gasteiger charge is 2.06. The van der Waals surface area contributed by atoms with Crippen LogP contribution in [0.3, 0.4) is 0 Å². The van der Waals surface area contributed by atoms with Gasteiger partial charge in [-0.15, -0.1) is 0 Å². The van der Waals surface area contributed by atoms with Crippen molar-refractivity contribution in [2.45, 2.75) is 6.92 Å². The topological polar surface area (TPSA) is 55.4 Å². The lowest BCUT2D eigenvalue weighted by molar-refractivity contribution is -0.142. The predicted octanol–water partition coefficient (Wildman–Crippen LogP) is 4.50. The number of hydrogen-bond donors (Lipinski definition) is 1. The van der Waals surface area contributed by atoms with Crippen LogP contribution in [-0.2, 0) is 14.3 Å². The van der Waals surface area contributed by atoms with Gasteiger partial charge in [0.05, 0.1) is 0 Å². The Morgan fingerprint density at radius 2 is 1.83 bits per heavy atom. The summed E-state index contributed by atoms with van der Waals surface area (Å²) in [5.74, 6) is -1.05. The van der Waals surface area contributed by atoms with Crippen LogP contribution in [0.1, 0.15) is 11.1 Å². The van der Waals surface area contributed by atoms with E-state index in [1.807, 2.05) is 19.1 Å². The Bertz CT molecular complexity index is 770. The maximum atomic E-state index is 11.7. The molecule has 0 aliphatic heterocycles. The first-order chi connectivity index (χ1) is 11.4. The van der Waals surface area contributed by atoms with Crippen LogP contribution in [0.4, 0.5) is 5.69 Å². The van der Waals surface area contributed by atoms with Crippen LogP contribution >= 0.6 is 23.2 Å². The summed E-state index contributed by atoms with van der Waals surface area (Å²) >= 11 is 11.8. The lowest BCUT2D eigenvalue weighted by Crippen LogP contribution is -2.20. The number of ether oxygens (including phenoxy) is 1. The van der Waals surface area contributed by atoms with Crippen molar-refractivity contribution >= 4 is 46.8 Å². The van der Waals surface area contributed by atoms with E-state index in [0.29, 0.717) is 21.3 Å². The maximum absolute atomic E-state index is 11.7. The summed E-state index contributed by atoms with van der Waals surface area (Å²) in [6.45, 7) is 1.58. The van der Waals surface area contributed by atoms with Gasteiger partial charge in [-0.1, -0.05) is 47.0 Å². The number of esters is 1. The molecule has 2 rings (SSSR count). The van der Waals surface area contributed by atoms with Gasteiger partial charge in [0.1, 0.15) is 0 Å². The summed E-state index contributed by atoms with van der Waals surface area (Å²) in [6, 6.07) is 12.2. The molecule has 2 aromatic carbocycles. The summed E-state index contributed by atoms with van der Waals surface area (Å²) in [4.78, 5) is 23.4. The molecule has 0 saturated carbocycles. The molecule has 6 heteroatoms. The molecule has 0 radical (unpaired) electrons. The van der Waals surface area contributed by atoms with E-state index < -0.39 is 11.9 Å². The second-order valence-electron chi connectivity index (χ2n) is 5.02. The lowest BCUT2D eigenvalue weighted by Gasteiger charge is -2.05. The molecule has 1 amide bonds. The van der Waals surface area contributed by atoms with Gasteiger partial charge in [0, 0.05) is 21.8 Å². The first-order valence-corrected chi connectivity index (χ1v) is 7.86. The first kappa shape index (κ1) is 18.0. The van der Waals surface area contributed by atoms with E-state index in [1.54, 1.807) is 30.3 Å². The SMILES string of the molecule is Cc1ccc(NC(=O)COC(=O)C=Cc2ccc(Cl)cc2Cl)cc1. The van der Waals surface area contributed by atoms with Crippen LogP contribution in [-0.4, -0.2) is 18.5 Å². The second kappa shape index (κ2) is 8.52. The quantitative estimate of drug-likeness (QED) is 0.628. The number of aryl methyl sites for hydroxylation is 1. The van der Waals surface area contributed by atoms with E-state index in [9.17, 15) is 9.59 Å². The maximum Gasteiger partial charge on any atom is 0.331 e. The number of carbonyl (C=O) groups excluding carboxylic acids is 2. The Morgan fingerprint density at radius 3 is 2.50 bits per heavy atom. The normalized spacial score (nSPS) is 10.6. The van der Waals surface area contributed by atoms with Crippen molar-refractivity contribution in [1.29, 1.82) is 0 Å². The van der Waals surface area contributed by atoms with E-state index in [-0.39, 0.29) is 6.61 Å². The van der Waals surface area contributed by atoms with E-state index in [2.05, 4.69) is 5.32 Å². The predicted molar refractivity (Wildman–Crippen MR) is 96.3 cm³/mol. The number of amides is 1. The van der Waals surface area contributed by atoms with Crippen LogP contribution in [0.25, 0.3) is 6.08 Å². The highest BCUT2D eigenvalue weighted by atomic mass is 35.5. The first-order valence-electron chi connectivity index (χ1n) is 7.10. The minimum absolute atomic E-state index is 0.370. The zero-order valence-corrected chi connectivity index (χ0v) is 14.4. The highest BCUT2D eigenvalue weighted by Crippen LogP contribution is 2.21. The van der Waals surface area contributed by atoms with E-state index in [1.165, 1.54) is 12.2 Å². The monoisotopic (exact) mass is 363 g/mol. The molecule has 2 aromatic rings. The van der Waals surface area contributed by atoms with Gasteiger partial charge in [0.2, 0.25) is 0 Å². The van der Waals surface area contributed by atoms with Crippen LogP contribution in [0.2, 0.25) is 10.0 Å². The summed E-state index contributed by atoms with van der Waals surface area (Å²) < 4.78 is 4.88. The van der Waals surface area contributed by atoms with Crippen molar-refractivity contribution in [3.05, 3.63) is 69.7 Å². The molecule has 0 spiro atoms. The van der Waals surface area contributed by atoms with Gasteiger partial charge in [-0.3, -0.25) is 4.79 Å². The second-order valence-corrected chi connectivity index (χ2v) is 5.86. The van der Waals surface area contributed by atoms with Crippen molar-refractivity contribution in [1.82, 2.24) is 0 Å². The molecular weight excluding hydrogens is 349 g/mol. The van der Waals surface area contributed by atoms with Crippen molar-refractivity contribution < 1.29 is 14.3 Å². The summed E-state index contributed by atoms with van der Waals surface area (Å²) in [7, 11) is 0. The Labute approximate surface area is 150 Å². The molecule has 124 valence electrons. The molecule has 0 aromatic heterocycles. The molecule has 4 nitrogen and oxygen atoms in total. The van der Waals surface area contributed by atoms with Gasteiger partial charge in [-0.05, 0) is 42.8 Å². The van der Waals surface area contributed by atoms with Gasteiger partial charge >= 0.3 is 5.97 Å². The summed E-state index contributed by atoms with van der Waals surface area (Å²) in [5.41, 5.74) is 2.36. The fourth-order valence-corrected chi connectivity index (χ4v) is 2.28. The molecule has 0 bridgehead atoms. The number of anilines is 1. The largest absolute Gasteiger partial charge is 0.452 e. The number of carbonyl (C=O) groups is 2. The Morgan fingerprint density at radius 1 is 1.12 bits per heavy atom. The third-order valence-electron chi connectivity index (χ3n) is 3.04. The van der Waals surface area contributed by atoms with Gasteiger partial charge in [0.25, 0.3) is 5.91 Å². The van der Waals surface area contributed by atoms with E-state index in [0.717, 1.165) is 5.56 Å². The van der Waals surface area contributed by atoms with Gasteiger partial charge in [-0.25, -0.2) is 4.79 Å². The van der Waals surface area contributed by atoms with Gasteiger partial charge in [-0.2, -0.15) is 0 Å². The van der Waals surface area contributed by atoms with Crippen molar-refractivity contribution in [3.8, 4) is 0 Å². The molecule has 1 N–H and O–H groups in total. The number of nitrogens with one attached hydrogen (secondary N) is 1. The number of rotatable bonds is 5. The zero-order valence-electron chi connectivity index (χ0n) is 12.9. The third kappa shape index (κ3) is 5.72. The molecule has 0 fully saturated rings. The van der Waals surface area contributed by atoms with E-state index in [4.69, 9.17) is 27.9 Å². The van der Waals surface area contributed by atoms with Crippen LogP contribution < -0.4 is 5.32 Å². The standard InChI is InChI=1S/C18H15Cl2NO3/c1-12-2-7-15(8-3-12)21-17(22)11-24-18(23)9-5-13-4-6-14(19)10-16(13)20/h2-10H,11H2,1H3,(H,21,22). The van der Waals surface area contributed by atoms with Crippen LogP contribution in [0, 0.1) is 6.92 Å². The molecule has 24 heavy (non-hydrogen) atoms. The fourth-order valence-electron chi connectivity index (χ4n) is 1.81. The van der Waals surface area contributed by atoms with Gasteiger partial charge in [0.15, 0.2) is 6.61 Å². The van der Waals surface area contributed by atoms with Crippen molar-refractivity contribution in [2.24, 2.45) is 0 Å². The van der Waals surface area contributed by atoms with Gasteiger partial charge < -0.3 is 10.1 Å². The fraction of sp³-hybridized carbons (Fsp3) is 0.111. The van der Waals surface area contributed by atoms with E-state index >= 15 is 0 Å². The molecule has 0 saturated heterocycles. The van der Waals surface area contributed by atoms with Crippen LogP contribution in [0.5, 0.6) is 0 Å². The average Bonchev–Trinajstić information content (AvgIpc) is 2.54. The smallest absolute Gasteiger partial charge is 0.331 e. The molecular formula is C18H15Cl2NO3. The summed E-state index contributed by atoms with van der Waals surface area (Å²) in [6.07, 6.45) is 2.70. The number of benzene rings is 2. The minimum atomic E-state index is -0.639. The number of halogens is 2. The lowest BCUT2D eigenvalue weighted by atomic mass is 10.2. The van der Waals surface area contributed by atoms with Crippen LogP contribution in [0.15, 0.2) is 48.5 Å². The Kier molecular flexibility index (Phi) is 6.41. The molecule has 0 aliphatic carbocycles. The van der Waals surface area contributed by atoms with Crippen molar-refractivity contribution in [2.75, 3.05) is 11.9 Å². The molecule has 0 aliphatic rings. The molecule has 0 unspecified atom stereocenters.